The highest BCUT2D eigenvalue weighted by Crippen LogP contribution is 2.25. The average Bonchev–Trinajstić information content (AvgIpc) is 2.60. The van der Waals surface area contributed by atoms with Gasteiger partial charge in [0.2, 0.25) is 5.88 Å². The first-order valence-electron chi connectivity index (χ1n) is 7.97. The van der Waals surface area contributed by atoms with Gasteiger partial charge in [0.05, 0.1) is 16.2 Å². The van der Waals surface area contributed by atoms with Crippen molar-refractivity contribution in [3.8, 4) is 11.9 Å². The second-order valence-electron chi connectivity index (χ2n) is 5.79. The van der Waals surface area contributed by atoms with E-state index in [-0.39, 0.29) is 29.2 Å². The number of non-ortho nitro benzene ring substituents is 1. The van der Waals surface area contributed by atoms with Crippen molar-refractivity contribution < 1.29 is 10.0 Å². The van der Waals surface area contributed by atoms with Gasteiger partial charge in [0.25, 0.3) is 11.2 Å². The van der Waals surface area contributed by atoms with E-state index in [4.69, 9.17) is 0 Å². The van der Waals surface area contributed by atoms with E-state index < -0.39 is 10.5 Å². The van der Waals surface area contributed by atoms with Gasteiger partial charge in [-0.15, -0.1) is 0 Å². The Bertz CT molecular complexity index is 1000. The highest BCUT2D eigenvalue weighted by molar-refractivity contribution is 5.87. The molecule has 2 rings (SSSR count). The lowest BCUT2D eigenvalue weighted by atomic mass is 10.1. The Kier molecular flexibility index (Phi) is 5.52. The number of benzene rings is 1. The van der Waals surface area contributed by atoms with Crippen LogP contribution in [0.25, 0.3) is 0 Å². The van der Waals surface area contributed by atoms with Crippen LogP contribution in [-0.2, 0) is 6.54 Å². The van der Waals surface area contributed by atoms with Crippen molar-refractivity contribution in [3.63, 3.8) is 0 Å². The predicted octanol–water partition coefficient (Wildman–Crippen LogP) is 3.11. The molecule has 0 aliphatic carbocycles. The molecule has 1 heterocycles. The minimum Gasteiger partial charge on any atom is -0.494 e. The Morgan fingerprint density at radius 2 is 2.12 bits per heavy atom. The number of aryl methyl sites for hydroxylation is 1. The van der Waals surface area contributed by atoms with Gasteiger partial charge < -0.3 is 5.11 Å². The fraction of sp³-hybridized carbons (Fsp3) is 0.278. The number of nitro groups is 1. The fourth-order valence-corrected chi connectivity index (χ4v) is 2.59. The third-order valence-corrected chi connectivity index (χ3v) is 4.02. The van der Waals surface area contributed by atoms with Gasteiger partial charge in [0.15, 0.2) is 0 Å². The molecule has 1 N–H and O–H groups in total. The molecule has 2 aromatic rings. The van der Waals surface area contributed by atoms with Crippen molar-refractivity contribution in [1.29, 1.82) is 5.26 Å². The van der Waals surface area contributed by atoms with E-state index in [1.807, 2.05) is 13.0 Å². The van der Waals surface area contributed by atoms with Gasteiger partial charge in [-0.25, -0.2) is 0 Å². The third kappa shape index (κ3) is 3.47. The minimum absolute atomic E-state index is 0.0382. The molecule has 8 nitrogen and oxygen atoms in total. The smallest absolute Gasteiger partial charge is 0.271 e. The summed E-state index contributed by atoms with van der Waals surface area (Å²) in [6, 6.07) is 6.12. The normalized spacial score (nSPS) is 10.8. The van der Waals surface area contributed by atoms with E-state index in [0.29, 0.717) is 23.2 Å². The van der Waals surface area contributed by atoms with E-state index in [1.165, 1.54) is 24.4 Å². The summed E-state index contributed by atoms with van der Waals surface area (Å²) in [7, 11) is 0. The molecule has 0 amide bonds. The zero-order valence-electron chi connectivity index (χ0n) is 14.7. The largest absolute Gasteiger partial charge is 0.494 e. The number of nitro benzene ring substituents is 1. The summed E-state index contributed by atoms with van der Waals surface area (Å²) in [5.74, 6) is -0.253. The second-order valence-corrected chi connectivity index (χ2v) is 5.79. The van der Waals surface area contributed by atoms with Crippen LogP contribution in [0.5, 0.6) is 5.88 Å². The molecule has 0 saturated heterocycles. The lowest BCUT2D eigenvalue weighted by molar-refractivity contribution is -0.384. The zero-order chi connectivity index (χ0) is 19.4. The first kappa shape index (κ1) is 18.9. The van der Waals surface area contributed by atoms with E-state index in [9.17, 15) is 25.3 Å². The molecule has 26 heavy (non-hydrogen) atoms. The first-order chi connectivity index (χ1) is 12.3. The maximum atomic E-state index is 12.3. The van der Waals surface area contributed by atoms with E-state index in [0.717, 1.165) is 4.57 Å². The SMILES string of the molecule is CCCn1c(O)c(C=Nc2ccc([N+](=O)[O-])cc2C)c(C)c(C#N)c1=O. The van der Waals surface area contributed by atoms with Crippen LogP contribution < -0.4 is 5.56 Å². The van der Waals surface area contributed by atoms with Crippen molar-refractivity contribution in [3.05, 3.63) is 60.9 Å². The maximum Gasteiger partial charge on any atom is 0.271 e. The number of pyridine rings is 1. The van der Waals surface area contributed by atoms with E-state index in [2.05, 4.69) is 4.99 Å². The Labute approximate surface area is 149 Å². The Morgan fingerprint density at radius 1 is 1.42 bits per heavy atom. The third-order valence-electron chi connectivity index (χ3n) is 4.02. The predicted molar refractivity (Wildman–Crippen MR) is 97.2 cm³/mol. The van der Waals surface area contributed by atoms with Gasteiger partial charge in [0.1, 0.15) is 11.6 Å². The van der Waals surface area contributed by atoms with Crippen molar-refractivity contribution in [2.24, 2.45) is 4.99 Å². The lowest BCUT2D eigenvalue weighted by Gasteiger charge is -2.13. The number of hydrogen-bond acceptors (Lipinski definition) is 6. The van der Waals surface area contributed by atoms with Crippen LogP contribution in [0.4, 0.5) is 11.4 Å². The van der Waals surface area contributed by atoms with E-state index in [1.54, 1.807) is 13.8 Å². The molecule has 134 valence electrons. The molecule has 1 aromatic heterocycles. The molecule has 0 fully saturated rings. The van der Waals surface area contributed by atoms with Crippen LogP contribution in [0, 0.1) is 35.3 Å². The molecular formula is C18H18N4O4. The van der Waals surface area contributed by atoms with Gasteiger partial charge in [0, 0.05) is 24.9 Å². The molecule has 0 spiro atoms. The van der Waals surface area contributed by atoms with Gasteiger partial charge in [-0.1, -0.05) is 6.92 Å². The Morgan fingerprint density at radius 3 is 2.65 bits per heavy atom. The summed E-state index contributed by atoms with van der Waals surface area (Å²) in [6.07, 6.45) is 1.98. The van der Waals surface area contributed by atoms with Gasteiger partial charge in [-0.3, -0.25) is 24.5 Å². The van der Waals surface area contributed by atoms with Gasteiger partial charge >= 0.3 is 0 Å². The number of hydrogen-bond donors (Lipinski definition) is 1. The number of nitriles is 1. The molecular weight excluding hydrogens is 336 g/mol. The van der Waals surface area contributed by atoms with Crippen molar-refractivity contribution in [2.75, 3.05) is 0 Å². The second kappa shape index (κ2) is 7.61. The number of aliphatic imine (C=N–C) groups is 1. The molecule has 0 aliphatic heterocycles. The molecule has 0 unspecified atom stereocenters. The molecule has 0 radical (unpaired) electrons. The maximum absolute atomic E-state index is 12.3. The highest BCUT2D eigenvalue weighted by atomic mass is 16.6. The summed E-state index contributed by atoms with van der Waals surface area (Å²) in [5, 5.41) is 30.5. The Hall–Kier alpha value is -3.47. The molecule has 0 saturated carbocycles. The summed E-state index contributed by atoms with van der Waals surface area (Å²) in [4.78, 5) is 26.9. The number of aromatic hydroxyl groups is 1. The first-order valence-corrected chi connectivity index (χ1v) is 7.97. The zero-order valence-corrected chi connectivity index (χ0v) is 14.7. The minimum atomic E-state index is -0.534. The molecule has 8 heteroatoms. The summed E-state index contributed by atoms with van der Waals surface area (Å²) >= 11 is 0. The van der Waals surface area contributed by atoms with Gasteiger partial charge in [-0.05, 0) is 37.5 Å². The molecule has 0 bridgehead atoms. The topological polar surface area (TPSA) is 122 Å². The summed E-state index contributed by atoms with van der Waals surface area (Å²) in [5.41, 5.74) is 1.07. The number of rotatable bonds is 5. The van der Waals surface area contributed by atoms with Crippen molar-refractivity contribution in [2.45, 2.75) is 33.7 Å². The Balaban J connectivity index is 2.58. The van der Waals surface area contributed by atoms with Crippen LogP contribution in [0.1, 0.15) is 35.6 Å². The van der Waals surface area contributed by atoms with Crippen molar-refractivity contribution >= 4 is 17.6 Å². The van der Waals surface area contributed by atoms with Crippen molar-refractivity contribution in [1.82, 2.24) is 4.57 Å². The van der Waals surface area contributed by atoms with Crippen LogP contribution >= 0.6 is 0 Å². The number of aromatic nitrogens is 1. The summed E-state index contributed by atoms with van der Waals surface area (Å²) in [6.45, 7) is 5.38. The molecule has 1 aromatic carbocycles. The fourth-order valence-electron chi connectivity index (χ4n) is 2.59. The quantitative estimate of drug-likeness (QED) is 0.502. The summed E-state index contributed by atoms with van der Waals surface area (Å²) < 4.78 is 1.15. The average molecular weight is 354 g/mol. The lowest BCUT2D eigenvalue weighted by Crippen LogP contribution is -2.25. The van der Waals surface area contributed by atoms with E-state index >= 15 is 0 Å². The molecule has 0 aliphatic rings. The standard InChI is InChI=1S/C18H18N4O4/c1-4-7-21-17(23)14(9-19)12(3)15(18(21)24)10-20-16-6-5-13(22(25)26)8-11(16)2/h5-6,8,10,24H,4,7H2,1-3H3. The monoisotopic (exact) mass is 354 g/mol. The van der Waals surface area contributed by atoms with Crippen LogP contribution in [0.2, 0.25) is 0 Å². The number of nitrogens with zero attached hydrogens (tertiary/aromatic N) is 4. The highest BCUT2D eigenvalue weighted by Gasteiger charge is 2.17. The van der Waals surface area contributed by atoms with Crippen LogP contribution in [0.15, 0.2) is 28.0 Å². The van der Waals surface area contributed by atoms with Gasteiger partial charge in [-0.2, -0.15) is 5.26 Å². The van der Waals surface area contributed by atoms with Crippen LogP contribution in [-0.4, -0.2) is 20.8 Å². The van der Waals surface area contributed by atoms with Crippen LogP contribution in [0.3, 0.4) is 0 Å². The molecule has 0 atom stereocenters.